The Hall–Kier alpha value is -0.123. The fraction of sp³-hybridized carbons (Fsp3) is 0.714. The Bertz CT molecular complexity index is 107. The van der Waals surface area contributed by atoms with Crippen molar-refractivity contribution in [1.29, 1.82) is 0 Å². The van der Waals surface area contributed by atoms with E-state index in [1.54, 1.807) is 6.08 Å². The fourth-order valence-electron chi connectivity index (χ4n) is 0.599. The molecule has 60 valence electrons. The molecule has 0 fully saturated rings. The first-order valence-corrected chi connectivity index (χ1v) is 5.23. The Labute approximate surface area is 64.4 Å². The minimum absolute atomic E-state index is 0.214. The molecule has 1 atom stereocenters. The van der Waals surface area contributed by atoms with E-state index in [2.05, 4.69) is 6.58 Å². The number of hydrogen-bond acceptors (Lipinski definition) is 2. The van der Waals surface area contributed by atoms with Gasteiger partial charge in [0.2, 0.25) is 0 Å². The molecular weight excluding hydrogens is 144 g/mol. The molecule has 0 amide bonds. The van der Waals surface area contributed by atoms with Gasteiger partial charge in [-0.25, -0.2) is 0 Å². The normalized spacial score (nSPS) is 14.8. The first kappa shape index (κ1) is 9.88. The lowest BCUT2D eigenvalue weighted by molar-refractivity contribution is 0.102. The SMILES string of the molecule is C=CC[SiH](O)OC(C)(C)C. The van der Waals surface area contributed by atoms with Crippen molar-refractivity contribution < 1.29 is 9.22 Å². The highest BCUT2D eigenvalue weighted by atomic mass is 28.3. The third-order valence-corrected chi connectivity index (χ3v) is 2.57. The predicted molar refractivity (Wildman–Crippen MR) is 45.2 cm³/mol. The van der Waals surface area contributed by atoms with Gasteiger partial charge in [-0.15, -0.1) is 6.58 Å². The van der Waals surface area contributed by atoms with Crippen LogP contribution in [-0.2, 0) is 4.43 Å². The molecule has 1 N–H and O–H groups in total. The molecule has 10 heavy (non-hydrogen) atoms. The van der Waals surface area contributed by atoms with Crippen molar-refractivity contribution in [2.45, 2.75) is 32.4 Å². The van der Waals surface area contributed by atoms with E-state index in [0.717, 1.165) is 0 Å². The third kappa shape index (κ3) is 6.00. The molecule has 0 aliphatic heterocycles. The van der Waals surface area contributed by atoms with Crippen molar-refractivity contribution in [1.82, 2.24) is 0 Å². The van der Waals surface area contributed by atoms with Gasteiger partial charge in [0.05, 0.1) is 0 Å². The maximum Gasteiger partial charge on any atom is 0.322 e. The average Bonchev–Trinajstić information content (AvgIpc) is 1.59. The molecule has 0 rings (SSSR count). The van der Waals surface area contributed by atoms with Gasteiger partial charge < -0.3 is 9.22 Å². The van der Waals surface area contributed by atoms with E-state index in [-0.39, 0.29) is 5.60 Å². The lowest BCUT2D eigenvalue weighted by Gasteiger charge is -2.22. The quantitative estimate of drug-likeness (QED) is 0.496. The number of allylic oxidation sites excluding steroid dienone is 1. The van der Waals surface area contributed by atoms with Gasteiger partial charge in [-0.2, -0.15) is 0 Å². The van der Waals surface area contributed by atoms with Gasteiger partial charge in [-0.05, 0) is 20.8 Å². The van der Waals surface area contributed by atoms with Crippen molar-refractivity contribution >= 4 is 9.28 Å². The molecule has 0 radical (unpaired) electrons. The van der Waals surface area contributed by atoms with Crippen LogP contribution in [0.3, 0.4) is 0 Å². The van der Waals surface area contributed by atoms with Crippen LogP contribution >= 0.6 is 0 Å². The van der Waals surface area contributed by atoms with Crippen LogP contribution in [0.5, 0.6) is 0 Å². The minimum Gasteiger partial charge on any atom is -0.413 e. The lowest BCUT2D eigenvalue weighted by atomic mass is 10.2. The van der Waals surface area contributed by atoms with Crippen molar-refractivity contribution in [3.63, 3.8) is 0 Å². The van der Waals surface area contributed by atoms with Crippen LogP contribution < -0.4 is 0 Å². The Kier molecular flexibility index (Phi) is 3.86. The van der Waals surface area contributed by atoms with Crippen molar-refractivity contribution in [3.8, 4) is 0 Å². The Morgan fingerprint density at radius 1 is 1.60 bits per heavy atom. The highest BCUT2D eigenvalue weighted by Gasteiger charge is 2.16. The summed E-state index contributed by atoms with van der Waals surface area (Å²) in [6, 6.07) is 0.622. The van der Waals surface area contributed by atoms with Crippen LogP contribution in [0.4, 0.5) is 0 Å². The monoisotopic (exact) mass is 160 g/mol. The summed E-state index contributed by atoms with van der Waals surface area (Å²) >= 11 is 0. The average molecular weight is 160 g/mol. The lowest BCUT2D eigenvalue weighted by Crippen LogP contribution is -2.30. The fourth-order valence-corrected chi connectivity index (χ4v) is 1.80. The zero-order valence-corrected chi connectivity index (χ0v) is 8.08. The van der Waals surface area contributed by atoms with Gasteiger partial charge in [0, 0.05) is 11.6 Å². The molecule has 0 saturated heterocycles. The summed E-state index contributed by atoms with van der Waals surface area (Å²) in [5.74, 6) is 0. The molecule has 3 heteroatoms. The first-order valence-electron chi connectivity index (χ1n) is 3.42. The summed E-state index contributed by atoms with van der Waals surface area (Å²) in [6.07, 6.45) is 1.70. The summed E-state index contributed by atoms with van der Waals surface area (Å²) in [5, 5.41) is 0. The van der Waals surface area contributed by atoms with E-state index >= 15 is 0 Å². The van der Waals surface area contributed by atoms with E-state index in [9.17, 15) is 4.80 Å². The van der Waals surface area contributed by atoms with Crippen molar-refractivity contribution in [3.05, 3.63) is 12.7 Å². The number of hydrogen-bond donors (Lipinski definition) is 1. The second-order valence-electron chi connectivity index (χ2n) is 3.21. The standard InChI is InChI=1S/C7H16O2Si/c1-5-6-10(8)9-7(2,3)4/h5,8,10H,1,6H2,2-4H3. The summed E-state index contributed by atoms with van der Waals surface area (Å²) in [4.78, 5) is 9.23. The molecule has 0 bridgehead atoms. The van der Waals surface area contributed by atoms with Crippen LogP contribution in [0.15, 0.2) is 12.7 Å². The molecule has 1 unspecified atom stereocenters. The molecule has 0 aliphatic rings. The van der Waals surface area contributed by atoms with E-state index in [1.807, 2.05) is 20.8 Å². The van der Waals surface area contributed by atoms with E-state index < -0.39 is 9.28 Å². The van der Waals surface area contributed by atoms with Gasteiger partial charge in [0.25, 0.3) is 0 Å². The molecule has 0 spiro atoms. The predicted octanol–water partition coefficient (Wildman–Crippen LogP) is 1.20. The second-order valence-corrected chi connectivity index (χ2v) is 4.83. The largest absolute Gasteiger partial charge is 0.413 e. The molecule has 0 aromatic carbocycles. The molecule has 0 aromatic heterocycles. The van der Waals surface area contributed by atoms with Crippen LogP contribution in [0.2, 0.25) is 6.04 Å². The molecule has 2 nitrogen and oxygen atoms in total. The third-order valence-electron chi connectivity index (χ3n) is 0.858. The highest BCUT2D eigenvalue weighted by molar-refractivity contribution is 6.43. The van der Waals surface area contributed by atoms with Gasteiger partial charge in [0.15, 0.2) is 0 Å². The summed E-state index contributed by atoms with van der Waals surface area (Å²) in [5.41, 5.74) is -0.214. The van der Waals surface area contributed by atoms with Gasteiger partial charge in [-0.3, -0.25) is 0 Å². The molecule has 0 saturated carbocycles. The van der Waals surface area contributed by atoms with E-state index in [0.29, 0.717) is 6.04 Å². The van der Waals surface area contributed by atoms with Crippen LogP contribution in [0.1, 0.15) is 20.8 Å². The van der Waals surface area contributed by atoms with Gasteiger partial charge in [-0.1, -0.05) is 6.08 Å². The Morgan fingerprint density at radius 2 is 2.10 bits per heavy atom. The summed E-state index contributed by atoms with van der Waals surface area (Å²) < 4.78 is 5.30. The van der Waals surface area contributed by atoms with E-state index in [1.165, 1.54) is 0 Å². The topological polar surface area (TPSA) is 29.5 Å². The minimum atomic E-state index is -1.95. The highest BCUT2D eigenvalue weighted by Crippen LogP contribution is 2.09. The molecule has 0 heterocycles. The molecule has 0 aliphatic carbocycles. The van der Waals surface area contributed by atoms with E-state index in [4.69, 9.17) is 4.43 Å². The zero-order chi connectivity index (χ0) is 8.20. The number of rotatable bonds is 3. The van der Waals surface area contributed by atoms with Crippen LogP contribution in [-0.4, -0.2) is 19.7 Å². The van der Waals surface area contributed by atoms with Crippen molar-refractivity contribution in [2.24, 2.45) is 0 Å². The second kappa shape index (κ2) is 3.90. The summed E-state index contributed by atoms with van der Waals surface area (Å²) in [7, 11) is -1.95. The zero-order valence-electron chi connectivity index (χ0n) is 6.92. The Balaban J connectivity index is 3.56. The molecule has 0 aromatic rings. The summed E-state index contributed by atoms with van der Waals surface area (Å²) in [6.45, 7) is 9.34. The maximum absolute atomic E-state index is 9.23. The van der Waals surface area contributed by atoms with Gasteiger partial charge >= 0.3 is 9.28 Å². The van der Waals surface area contributed by atoms with Crippen LogP contribution in [0, 0.1) is 0 Å². The Morgan fingerprint density at radius 3 is 2.40 bits per heavy atom. The molecular formula is C7H16O2Si. The smallest absolute Gasteiger partial charge is 0.322 e. The maximum atomic E-state index is 9.23. The van der Waals surface area contributed by atoms with Gasteiger partial charge in [0.1, 0.15) is 0 Å². The first-order chi connectivity index (χ1) is 4.45. The van der Waals surface area contributed by atoms with Crippen LogP contribution in [0.25, 0.3) is 0 Å². The van der Waals surface area contributed by atoms with Crippen molar-refractivity contribution in [2.75, 3.05) is 0 Å².